The molecule has 0 radical (unpaired) electrons. The van der Waals surface area contributed by atoms with Crippen LogP contribution < -0.4 is 11.1 Å². The molecule has 0 aromatic heterocycles. The van der Waals surface area contributed by atoms with Crippen LogP contribution in [0.1, 0.15) is 25.7 Å². The summed E-state index contributed by atoms with van der Waals surface area (Å²) in [5.74, 6) is -0.198. The van der Waals surface area contributed by atoms with Crippen molar-refractivity contribution in [2.24, 2.45) is 5.73 Å². The predicted octanol–water partition coefficient (Wildman–Crippen LogP) is -0.382. The summed E-state index contributed by atoms with van der Waals surface area (Å²) in [6.07, 6.45) is 4.03. The molecule has 3 unspecified atom stereocenters. The van der Waals surface area contributed by atoms with Crippen LogP contribution in [0, 0.1) is 0 Å². The lowest BCUT2D eigenvalue weighted by Crippen LogP contribution is -2.53. The Kier molecular flexibility index (Phi) is 3.94. The summed E-state index contributed by atoms with van der Waals surface area (Å²) in [6, 6.07) is 1.16. The van der Waals surface area contributed by atoms with Crippen LogP contribution >= 0.6 is 0 Å². The van der Waals surface area contributed by atoms with Gasteiger partial charge in [0.15, 0.2) is 0 Å². The summed E-state index contributed by atoms with van der Waals surface area (Å²) in [4.78, 5) is 16.5. The molecule has 0 spiro atoms. The second-order valence-corrected chi connectivity index (χ2v) is 5.99. The highest BCUT2D eigenvalue weighted by Gasteiger charge is 2.45. The van der Waals surface area contributed by atoms with Crippen molar-refractivity contribution in [3.05, 3.63) is 0 Å². The normalized spacial score (nSPS) is 37.6. The molecule has 1 amide bonds. The van der Waals surface area contributed by atoms with Crippen LogP contribution in [0.4, 0.5) is 0 Å². The lowest BCUT2D eigenvalue weighted by molar-refractivity contribution is -0.124. The second-order valence-electron chi connectivity index (χ2n) is 5.99. The van der Waals surface area contributed by atoms with Gasteiger partial charge in [0.05, 0.1) is 5.54 Å². The highest BCUT2D eigenvalue weighted by molar-refractivity contribution is 5.85. The van der Waals surface area contributed by atoms with Crippen LogP contribution in [0.5, 0.6) is 0 Å². The van der Waals surface area contributed by atoms with Gasteiger partial charge in [-0.1, -0.05) is 0 Å². The third-order valence-corrected chi connectivity index (χ3v) is 4.88. The van der Waals surface area contributed by atoms with Gasteiger partial charge in [0, 0.05) is 25.2 Å². The van der Waals surface area contributed by atoms with Gasteiger partial charge in [-0.25, -0.2) is 0 Å². The Labute approximate surface area is 110 Å². The van der Waals surface area contributed by atoms with E-state index >= 15 is 0 Å². The maximum absolute atomic E-state index is 11.6. The topological polar surface area (TPSA) is 61.6 Å². The number of primary amides is 1. The van der Waals surface area contributed by atoms with E-state index in [2.05, 4.69) is 29.2 Å². The van der Waals surface area contributed by atoms with Gasteiger partial charge in [-0.3, -0.25) is 9.69 Å². The zero-order valence-corrected chi connectivity index (χ0v) is 11.8. The van der Waals surface area contributed by atoms with Gasteiger partial charge in [0.2, 0.25) is 5.91 Å². The van der Waals surface area contributed by atoms with Gasteiger partial charge < -0.3 is 16.0 Å². The Morgan fingerprint density at radius 1 is 1.44 bits per heavy atom. The van der Waals surface area contributed by atoms with E-state index in [-0.39, 0.29) is 5.91 Å². The number of nitrogens with one attached hydrogen (secondary N) is 1. The monoisotopic (exact) mass is 254 g/mol. The van der Waals surface area contributed by atoms with Gasteiger partial charge in [0.25, 0.3) is 0 Å². The second kappa shape index (κ2) is 5.15. The first-order chi connectivity index (χ1) is 8.48. The summed E-state index contributed by atoms with van der Waals surface area (Å²) < 4.78 is 0. The van der Waals surface area contributed by atoms with Crippen molar-refractivity contribution in [3.8, 4) is 0 Å². The zero-order chi connectivity index (χ0) is 13.3. The molecule has 1 saturated heterocycles. The lowest BCUT2D eigenvalue weighted by Gasteiger charge is -2.28. The molecule has 5 nitrogen and oxygen atoms in total. The van der Waals surface area contributed by atoms with E-state index in [1.807, 2.05) is 7.05 Å². The SMILES string of the molecule is CNC1(C(N)=O)CCC(N2CCC(N(C)C)C2)C1. The third-order valence-electron chi connectivity index (χ3n) is 4.88. The zero-order valence-electron chi connectivity index (χ0n) is 11.8. The fourth-order valence-electron chi connectivity index (χ4n) is 3.43. The minimum absolute atomic E-state index is 0.198. The fourth-order valence-corrected chi connectivity index (χ4v) is 3.43. The standard InChI is InChI=1S/C13H26N4O/c1-15-13(12(14)18)6-4-10(8-13)17-7-5-11(9-17)16(2)3/h10-11,15H,4-9H2,1-3H3,(H2,14,18). The maximum Gasteiger partial charge on any atom is 0.237 e. The fraction of sp³-hybridized carbons (Fsp3) is 0.923. The maximum atomic E-state index is 11.6. The van der Waals surface area contributed by atoms with E-state index in [1.165, 1.54) is 6.42 Å². The molecular weight excluding hydrogens is 228 g/mol. The van der Waals surface area contributed by atoms with Crippen molar-refractivity contribution >= 4 is 5.91 Å². The van der Waals surface area contributed by atoms with Crippen molar-refractivity contribution < 1.29 is 4.79 Å². The minimum atomic E-state index is -0.471. The van der Waals surface area contributed by atoms with Gasteiger partial charge in [-0.15, -0.1) is 0 Å². The van der Waals surface area contributed by atoms with Crippen LogP contribution in [0.15, 0.2) is 0 Å². The van der Waals surface area contributed by atoms with Gasteiger partial charge in [-0.2, -0.15) is 0 Å². The summed E-state index contributed by atoms with van der Waals surface area (Å²) in [7, 11) is 6.13. The number of likely N-dealkylation sites (tertiary alicyclic amines) is 1. The van der Waals surface area contributed by atoms with Crippen LogP contribution in [0.2, 0.25) is 0 Å². The van der Waals surface area contributed by atoms with E-state index in [0.29, 0.717) is 12.1 Å². The number of amides is 1. The number of carbonyl (C=O) groups is 1. The Hall–Kier alpha value is -0.650. The summed E-state index contributed by atoms with van der Waals surface area (Å²) in [5, 5.41) is 3.15. The van der Waals surface area contributed by atoms with Gasteiger partial charge in [0.1, 0.15) is 0 Å². The van der Waals surface area contributed by atoms with Crippen molar-refractivity contribution in [3.63, 3.8) is 0 Å². The molecule has 3 atom stereocenters. The molecule has 1 saturated carbocycles. The van der Waals surface area contributed by atoms with Crippen LogP contribution in [0.3, 0.4) is 0 Å². The molecule has 2 rings (SSSR count). The molecule has 18 heavy (non-hydrogen) atoms. The van der Waals surface area contributed by atoms with Gasteiger partial charge in [-0.05, 0) is 46.8 Å². The number of likely N-dealkylation sites (N-methyl/N-ethyl adjacent to an activating group) is 2. The van der Waals surface area contributed by atoms with E-state index < -0.39 is 5.54 Å². The smallest absolute Gasteiger partial charge is 0.237 e. The third kappa shape index (κ3) is 2.39. The van der Waals surface area contributed by atoms with E-state index in [9.17, 15) is 4.79 Å². The highest BCUT2D eigenvalue weighted by Crippen LogP contribution is 2.34. The largest absolute Gasteiger partial charge is 0.368 e. The number of nitrogens with two attached hydrogens (primary N) is 1. The predicted molar refractivity (Wildman–Crippen MR) is 72.3 cm³/mol. The molecule has 0 aromatic carbocycles. The van der Waals surface area contributed by atoms with Crippen molar-refractivity contribution in [1.82, 2.24) is 15.1 Å². The number of rotatable bonds is 4. The van der Waals surface area contributed by atoms with E-state index in [4.69, 9.17) is 5.73 Å². The molecule has 2 aliphatic rings. The Morgan fingerprint density at radius 2 is 2.17 bits per heavy atom. The molecule has 1 aliphatic carbocycles. The molecule has 0 bridgehead atoms. The quantitative estimate of drug-likeness (QED) is 0.718. The molecule has 104 valence electrons. The first-order valence-corrected chi connectivity index (χ1v) is 6.88. The highest BCUT2D eigenvalue weighted by atomic mass is 16.1. The summed E-state index contributed by atoms with van der Waals surface area (Å²) >= 11 is 0. The molecule has 1 heterocycles. The number of hydrogen-bond acceptors (Lipinski definition) is 4. The number of nitrogens with zero attached hydrogens (tertiary/aromatic N) is 2. The van der Waals surface area contributed by atoms with Crippen LogP contribution in [-0.4, -0.2) is 67.6 Å². The molecule has 3 N–H and O–H groups in total. The lowest BCUT2D eigenvalue weighted by atomic mass is 9.96. The van der Waals surface area contributed by atoms with Gasteiger partial charge >= 0.3 is 0 Å². The number of carbonyl (C=O) groups excluding carboxylic acids is 1. The molecule has 2 fully saturated rings. The number of hydrogen-bond donors (Lipinski definition) is 2. The Bertz CT molecular complexity index is 320. The van der Waals surface area contributed by atoms with Crippen molar-refractivity contribution in [2.75, 3.05) is 34.2 Å². The average Bonchev–Trinajstić information content (AvgIpc) is 2.96. The summed E-state index contributed by atoms with van der Waals surface area (Å²) in [6.45, 7) is 2.27. The van der Waals surface area contributed by atoms with E-state index in [1.54, 1.807) is 0 Å². The molecule has 1 aliphatic heterocycles. The first-order valence-electron chi connectivity index (χ1n) is 6.88. The van der Waals surface area contributed by atoms with Crippen LogP contribution in [0.25, 0.3) is 0 Å². The van der Waals surface area contributed by atoms with Crippen molar-refractivity contribution in [1.29, 1.82) is 0 Å². The summed E-state index contributed by atoms with van der Waals surface area (Å²) in [5.41, 5.74) is 5.08. The van der Waals surface area contributed by atoms with E-state index in [0.717, 1.165) is 32.4 Å². The Morgan fingerprint density at radius 3 is 2.61 bits per heavy atom. The van der Waals surface area contributed by atoms with Crippen LogP contribution in [-0.2, 0) is 4.79 Å². The van der Waals surface area contributed by atoms with Crippen molar-refractivity contribution in [2.45, 2.75) is 43.3 Å². The molecule has 0 aromatic rings. The minimum Gasteiger partial charge on any atom is -0.368 e. The Balaban J connectivity index is 1.96. The molecule has 5 heteroatoms. The first kappa shape index (κ1) is 13.8. The molecular formula is C13H26N4O. The average molecular weight is 254 g/mol.